The summed E-state index contributed by atoms with van der Waals surface area (Å²) >= 11 is 0. The molecule has 31 heavy (non-hydrogen) atoms. The van der Waals surface area contributed by atoms with Crippen molar-refractivity contribution in [3.8, 4) is 0 Å². The summed E-state index contributed by atoms with van der Waals surface area (Å²) in [7, 11) is 1.63. The Morgan fingerprint density at radius 2 is 1.55 bits per heavy atom. The van der Waals surface area contributed by atoms with Gasteiger partial charge in [-0.1, -0.05) is 18.6 Å². The second-order valence-electron chi connectivity index (χ2n) is 7.92. The van der Waals surface area contributed by atoms with Crippen LogP contribution in [0.5, 0.6) is 0 Å². The minimum absolute atomic E-state index is 0.115. The SMILES string of the molecule is CC1=C(C(=O)O)C(c2ccc(C(F)(F)F)cc2)C(C(=O)O)=C(CN2CCCCC2)N1C. The zero-order chi connectivity index (χ0) is 22.9. The Hall–Kier alpha value is -2.81. The van der Waals surface area contributed by atoms with E-state index in [1.165, 1.54) is 0 Å². The van der Waals surface area contributed by atoms with Crippen LogP contribution < -0.4 is 0 Å². The molecule has 1 saturated heterocycles. The molecule has 2 heterocycles. The van der Waals surface area contributed by atoms with E-state index < -0.39 is 29.6 Å². The maximum atomic E-state index is 13.0. The lowest BCUT2D eigenvalue weighted by atomic mass is 9.79. The maximum absolute atomic E-state index is 13.0. The van der Waals surface area contributed by atoms with E-state index in [9.17, 15) is 33.0 Å². The maximum Gasteiger partial charge on any atom is 0.416 e. The smallest absolute Gasteiger partial charge is 0.416 e. The standard InChI is InChI=1S/C22H25F3N2O4/c1-13-17(20(28)29)18(14-6-8-15(9-7-14)22(23,24)25)19(21(30)31)16(26(13)2)12-27-10-4-3-5-11-27/h6-9,18H,3-5,10-12H2,1-2H3,(H,28,29)(H,30,31). The highest BCUT2D eigenvalue weighted by Crippen LogP contribution is 2.42. The molecule has 1 unspecified atom stereocenters. The van der Waals surface area contributed by atoms with Gasteiger partial charge in [-0.3, -0.25) is 4.90 Å². The van der Waals surface area contributed by atoms with E-state index in [4.69, 9.17) is 0 Å². The van der Waals surface area contributed by atoms with Gasteiger partial charge in [-0.25, -0.2) is 9.59 Å². The zero-order valence-electron chi connectivity index (χ0n) is 17.4. The van der Waals surface area contributed by atoms with E-state index in [1.807, 2.05) is 0 Å². The number of benzene rings is 1. The predicted molar refractivity (Wildman–Crippen MR) is 107 cm³/mol. The van der Waals surface area contributed by atoms with Crippen molar-refractivity contribution in [3.63, 3.8) is 0 Å². The predicted octanol–water partition coefficient (Wildman–Crippen LogP) is 3.92. The van der Waals surface area contributed by atoms with Gasteiger partial charge >= 0.3 is 18.1 Å². The third-order valence-corrected chi connectivity index (χ3v) is 6.04. The van der Waals surface area contributed by atoms with Crippen molar-refractivity contribution < 1.29 is 33.0 Å². The van der Waals surface area contributed by atoms with Crippen molar-refractivity contribution in [2.24, 2.45) is 0 Å². The van der Waals surface area contributed by atoms with Gasteiger partial charge in [0.15, 0.2) is 0 Å². The van der Waals surface area contributed by atoms with Crippen LogP contribution in [0.15, 0.2) is 46.8 Å². The van der Waals surface area contributed by atoms with Gasteiger partial charge in [0.2, 0.25) is 0 Å². The average Bonchev–Trinajstić information content (AvgIpc) is 2.70. The zero-order valence-corrected chi connectivity index (χ0v) is 17.4. The van der Waals surface area contributed by atoms with Crippen LogP contribution >= 0.6 is 0 Å². The lowest BCUT2D eigenvalue weighted by molar-refractivity contribution is -0.138. The van der Waals surface area contributed by atoms with Crippen LogP contribution in [0.3, 0.4) is 0 Å². The van der Waals surface area contributed by atoms with E-state index in [1.54, 1.807) is 18.9 Å². The minimum Gasteiger partial charge on any atom is -0.478 e. The number of hydrogen-bond acceptors (Lipinski definition) is 4. The molecule has 168 valence electrons. The molecule has 0 bridgehead atoms. The molecule has 3 rings (SSSR count). The van der Waals surface area contributed by atoms with Gasteiger partial charge in [0, 0.05) is 25.0 Å². The summed E-state index contributed by atoms with van der Waals surface area (Å²) in [5, 5.41) is 19.9. The van der Waals surface area contributed by atoms with Gasteiger partial charge in [0.05, 0.1) is 22.6 Å². The van der Waals surface area contributed by atoms with Crippen molar-refractivity contribution in [2.45, 2.75) is 38.3 Å². The lowest BCUT2D eigenvalue weighted by Gasteiger charge is -2.38. The molecule has 2 aliphatic rings. The molecule has 1 aromatic carbocycles. The second-order valence-corrected chi connectivity index (χ2v) is 7.92. The summed E-state index contributed by atoms with van der Waals surface area (Å²) in [4.78, 5) is 28.1. The number of nitrogens with zero attached hydrogens (tertiary/aromatic N) is 2. The first-order valence-corrected chi connectivity index (χ1v) is 10.1. The van der Waals surface area contributed by atoms with E-state index in [2.05, 4.69) is 4.90 Å². The molecule has 1 aromatic rings. The number of likely N-dealkylation sites (tertiary alicyclic amines) is 1. The highest BCUT2D eigenvalue weighted by atomic mass is 19.4. The number of allylic oxidation sites excluding steroid dienone is 1. The van der Waals surface area contributed by atoms with Gasteiger partial charge in [0.25, 0.3) is 0 Å². The molecule has 2 N–H and O–H groups in total. The average molecular weight is 438 g/mol. The largest absolute Gasteiger partial charge is 0.478 e. The van der Waals surface area contributed by atoms with Crippen molar-refractivity contribution in [3.05, 3.63) is 57.9 Å². The number of likely N-dealkylation sites (N-methyl/N-ethyl adjacent to an activating group) is 1. The van der Waals surface area contributed by atoms with E-state index in [-0.39, 0.29) is 16.7 Å². The van der Waals surface area contributed by atoms with Gasteiger partial charge < -0.3 is 15.1 Å². The molecule has 2 aliphatic heterocycles. The van der Waals surface area contributed by atoms with Crippen LogP contribution in [0, 0.1) is 0 Å². The molecule has 0 amide bonds. The summed E-state index contributed by atoms with van der Waals surface area (Å²) in [5.41, 5.74) is -0.114. The Bertz CT molecular complexity index is 929. The normalized spacial score (nSPS) is 20.9. The van der Waals surface area contributed by atoms with Gasteiger partial charge in [-0.2, -0.15) is 13.2 Å². The Morgan fingerprint density at radius 3 is 2.03 bits per heavy atom. The van der Waals surface area contributed by atoms with Gasteiger partial charge in [0.1, 0.15) is 0 Å². The number of carboxylic acid groups (broad SMARTS) is 2. The topological polar surface area (TPSA) is 81.1 Å². The van der Waals surface area contributed by atoms with Crippen LogP contribution in [-0.4, -0.2) is 58.6 Å². The fraction of sp³-hybridized carbons (Fsp3) is 0.455. The van der Waals surface area contributed by atoms with Crippen LogP contribution in [0.25, 0.3) is 0 Å². The number of piperidine rings is 1. The lowest BCUT2D eigenvalue weighted by Crippen LogP contribution is -2.40. The molecule has 1 atom stereocenters. The monoisotopic (exact) mass is 438 g/mol. The number of carboxylic acids is 2. The summed E-state index contributed by atoms with van der Waals surface area (Å²) in [6.07, 6.45) is -1.45. The van der Waals surface area contributed by atoms with Crippen molar-refractivity contribution in [1.82, 2.24) is 9.80 Å². The summed E-state index contributed by atoms with van der Waals surface area (Å²) in [5.74, 6) is -3.76. The Kier molecular flexibility index (Phi) is 6.45. The second kappa shape index (κ2) is 8.74. The summed E-state index contributed by atoms with van der Waals surface area (Å²) < 4.78 is 39.0. The van der Waals surface area contributed by atoms with Crippen LogP contribution in [0.2, 0.25) is 0 Å². The first-order valence-electron chi connectivity index (χ1n) is 10.1. The van der Waals surface area contributed by atoms with E-state index >= 15 is 0 Å². The number of alkyl halides is 3. The number of rotatable bonds is 5. The van der Waals surface area contributed by atoms with Crippen molar-refractivity contribution >= 4 is 11.9 Å². The molecule has 0 aromatic heterocycles. The number of aliphatic carboxylic acids is 2. The summed E-state index contributed by atoms with van der Waals surface area (Å²) in [6, 6.07) is 4.03. The van der Waals surface area contributed by atoms with Crippen molar-refractivity contribution in [2.75, 3.05) is 26.7 Å². The molecule has 0 saturated carbocycles. The molecule has 0 aliphatic carbocycles. The Labute approximate surface area is 178 Å². The highest BCUT2D eigenvalue weighted by molar-refractivity contribution is 5.98. The quantitative estimate of drug-likeness (QED) is 0.726. The number of hydrogen-bond donors (Lipinski definition) is 2. The first-order chi connectivity index (χ1) is 14.5. The summed E-state index contributed by atoms with van der Waals surface area (Å²) in [6.45, 7) is 3.54. The fourth-order valence-corrected chi connectivity index (χ4v) is 4.33. The molecule has 9 heteroatoms. The number of halogens is 3. The third-order valence-electron chi connectivity index (χ3n) is 6.04. The fourth-order valence-electron chi connectivity index (χ4n) is 4.33. The first kappa shape index (κ1) is 22.9. The highest BCUT2D eigenvalue weighted by Gasteiger charge is 2.40. The molecule has 6 nitrogen and oxygen atoms in total. The van der Waals surface area contributed by atoms with Crippen molar-refractivity contribution in [1.29, 1.82) is 0 Å². The Morgan fingerprint density at radius 1 is 1.00 bits per heavy atom. The third kappa shape index (κ3) is 4.61. The molecular weight excluding hydrogens is 413 g/mol. The van der Waals surface area contributed by atoms with Crippen LogP contribution in [0.1, 0.15) is 43.2 Å². The molecule has 0 radical (unpaired) electrons. The Balaban J connectivity index is 2.14. The molecular formula is C22H25F3N2O4. The van der Waals surface area contributed by atoms with Gasteiger partial charge in [-0.15, -0.1) is 0 Å². The van der Waals surface area contributed by atoms with E-state index in [0.29, 0.717) is 17.9 Å². The molecule has 1 fully saturated rings. The number of carbonyl (C=O) groups is 2. The van der Waals surface area contributed by atoms with Crippen LogP contribution in [0.4, 0.5) is 13.2 Å². The minimum atomic E-state index is -4.54. The van der Waals surface area contributed by atoms with Gasteiger partial charge in [-0.05, 0) is 50.6 Å². The van der Waals surface area contributed by atoms with Crippen LogP contribution in [-0.2, 0) is 15.8 Å². The molecule has 0 spiro atoms. The van der Waals surface area contributed by atoms with E-state index in [0.717, 1.165) is 56.6 Å².